The lowest BCUT2D eigenvalue weighted by molar-refractivity contribution is 0.237. The minimum absolute atomic E-state index is 0.106. The van der Waals surface area contributed by atoms with Gasteiger partial charge in [0.15, 0.2) is 0 Å². The number of benzene rings is 2. The fourth-order valence-corrected chi connectivity index (χ4v) is 3.27. The molecule has 22 heavy (non-hydrogen) atoms. The molecule has 0 amide bonds. The molecule has 0 saturated carbocycles. The molecule has 2 aromatic rings. The van der Waals surface area contributed by atoms with Crippen LogP contribution in [0.2, 0.25) is 0 Å². The zero-order chi connectivity index (χ0) is 16.0. The van der Waals surface area contributed by atoms with Crippen LogP contribution in [-0.2, 0) is 6.42 Å². The zero-order valence-corrected chi connectivity index (χ0v) is 14.2. The van der Waals surface area contributed by atoms with Crippen LogP contribution in [0, 0.1) is 20.8 Å². The first-order chi connectivity index (χ1) is 10.4. The van der Waals surface area contributed by atoms with E-state index in [1.165, 1.54) is 27.8 Å². The van der Waals surface area contributed by atoms with E-state index in [-0.39, 0.29) is 6.10 Å². The second-order valence-electron chi connectivity index (χ2n) is 6.73. The molecule has 1 aliphatic rings. The van der Waals surface area contributed by atoms with Crippen LogP contribution in [0.25, 0.3) is 0 Å². The third-order valence-corrected chi connectivity index (χ3v) is 5.06. The van der Waals surface area contributed by atoms with Gasteiger partial charge in [-0.1, -0.05) is 38.1 Å². The largest absolute Gasteiger partial charge is 0.485 e. The molecule has 1 unspecified atom stereocenters. The molecule has 1 atom stereocenters. The van der Waals surface area contributed by atoms with Crippen molar-refractivity contribution < 1.29 is 4.74 Å². The predicted molar refractivity (Wildman–Crippen MR) is 92.7 cm³/mol. The second-order valence-corrected chi connectivity index (χ2v) is 6.73. The molecule has 2 aromatic carbocycles. The number of nitrogens with two attached hydrogens (primary N) is 1. The van der Waals surface area contributed by atoms with Crippen molar-refractivity contribution in [1.82, 2.24) is 0 Å². The first-order valence-corrected chi connectivity index (χ1v) is 8.04. The fourth-order valence-electron chi connectivity index (χ4n) is 3.27. The highest BCUT2D eigenvalue weighted by Gasteiger charge is 2.29. The Morgan fingerprint density at radius 3 is 2.23 bits per heavy atom. The molecule has 2 nitrogen and oxygen atoms in total. The van der Waals surface area contributed by atoms with Crippen LogP contribution in [0.1, 0.15) is 59.3 Å². The number of hydrogen-bond donors (Lipinski definition) is 1. The van der Waals surface area contributed by atoms with E-state index in [0.717, 1.165) is 23.4 Å². The lowest BCUT2D eigenvalue weighted by Crippen LogP contribution is -2.03. The van der Waals surface area contributed by atoms with Crippen LogP contribution in [0.3, 0.4) is 0 Å². The van der Waals surface area contributed by atoms with Gasteiger partial charge in [0.25, 0.3) is 0 Å². The molecule has 1 aliphatic heterocycles. The maximum atomic E-state index is 6.29. The zero-order valence-electron chi connectivity index (χ0n) is 14.2. The van der Waals surface area contributed by atoms with Gasteiger partial charge in [0.2, 0.25) is 0 Å². The minimum Gasteiger partial charge on any atom is -0.485 e. The predicted octanol–water partition coefficient (Wildman–Crippen LogP) is 4.99. The SMILES string of the molecule is Cc1c(C)c2c(c(C)c1N)CC(c1ccc(C(C)C)cc1)O2. The van der Waals surface area contributed by atoms with E-state index in [1.807, 2.05) is 0 Å². The van der Waals surface area contributed by atoms with E-state index in [4.69, 9.17) is 10.5 Å². The third kappa shape index (κ3) is 2.27. The summed E-state index contributed by atoms with van der Waals surface area (Å²) in [5.41, 5.74) is 14.5. The van der Waals surface area contributed by atoms with Crippen LogP contribution >= 0.6 is 0 Å². The maximum absolute atomic E-state index is 6.29. The average Bonchev–Trinajstić information content (AvgIpc) is 2.96. The molecular weight excluding hydrogens is 270 g/mol. The van der Waals surface area contributed by atoms with Crippen molar-refractivity contribution in [3.05, 3.63) is 57.6 Å². The highest BCUT2D eigenvalue weighted by molar-refractivity contribution is 5.66. The summed E-state index contributed by atoms with van der Waals surface area (Å²) in [5, 5.41) is 0. The summed E-state index contributed by atoms with van der Waals surface area (Å²) in [6, 6.07) is 8.83. The summed E-state index contributed by atoms with van der Waals surface area (Å²) in [5.74, 6) is 1.60. The first-order valence-electron chi connectivity index (χ1n) is 8.04. The van der Waals surface area contributed by atoms with Gasteiger partial charge >= 0.3 is 0 Å². The van der Waals surface area contributed by atoms with Crippen molar-refractivity contribution in [1.29, 1.82) is 0 Å². The number of nitrogen functional groups attached to an aromatic ring is 1. The summed E-state index contributed by atoms with van der Waals surface area (Å²) in [7, 11) is 0. The highest BCUT2D eigenvalue weighted by Crippen LogP contribution is 2.44. The molecule has 0 fully saturated rings. The van der Waals surface area contributed by atoms with Gasteiger partial charge in [-0.15, -0.1) is 0 Å². The number of hydrogen-bond acceptors (Lipinski definition) is 2. The van der Waals surface area contributed by atoms with Gasteiger partial charge in [0.1, 0.15) is 11.9 Å². The molecule has 2 N–H and O–H groups in total. The Balaban J connectivity index is 1.94. The smallest absolute Gasteiger partial charge is 0.128 e. The standard InChI is InChI=1S/C20H25NO/c1-11(2)15-6-8-16(9-7-15)18-10-17-14(5)19(21)12(3)13(4)20(17)22-18/h6-9,11,18H,10,21H2,1-5H3. The lowest BCUT2D eigenvalue weighted by Gasteiger charge is -2.15. The van der Waals surface area contributed by atoms with Crippen molar-refractivity contribution in [2.45, 2.75) is 53.1 Å². The van der Waals surface area contributed by atoms with Gasteiger partial charge in [-0.25, -0.2) is 0 Å². The van der Waals surface area contributed by atoms with E-state index in [1.54, 1.807) is 0 Å². The molecule has 116 valence electrons. The number of fused-ring (bicyclic) bond motifs is 1. The quantitative estimate of drug-likeness (QED) is 0.792. The van der Waals surface area contributed by atoms with E-state index in [0.29, 0.717) is 5.92 Å². The van der Waals surface area contributed by atoms with Crippen LogP contribution in [0.15, 0.2) is 24.3 Å². The van der Waals surface area contributed by atoms with Crippen LogP contribution in [0.4, 0.5) is 5.69 Å². The number of anilines is 1. The van der Waals surface area contributed by atoms with Gasteiger partial charge in [0, 0.05) is 17.7 Å². The van der Waals surface area contributed by atoms with Gasteiger partial charge in [-0.3, -0.25) is 0 Å². The summed E-state index contributed by atoms with van der Waals surface area (Å²) in [4.78, 5) is 0. The molecular formula is C20H25NO. The molecule has 2 heteroatoms. The van der Waals surface area contributed by atoms with Crippen molar-refractivity contribution in [2.24, 2.45) is 0 Å². The van der Waals surface area contributed by atoms with Crippen molar-refractivity contribution >= 4 is 5.69 Å². The molecule has 1 heterocycles. The van der Waals surface area contributed by atoms with E-state index in [9.17, 15) is 0 Å². The van der Waals surface area contributed by atoms with Gasteiger partial charge in [0.05, 0.1) is 0 Å². The monoisotopic (exact) mass is 295 g/mol. The molecule has 3 rings (SSSR count). The summed E-state index contributed by atoms with van der Waals surface area (Å²) in [6.07, 6.45) is 1.02. The van der Waals surface area contributed by atoms with Gasteiger partial charge in [-0.2, -0.15) is 0 Å². The lowest BCUT2D eigenvalue weighted by atomic mass is 9.93. The fraction of sp³-hybridized carbons (Fsp3) is 0.400. The van der Waals surface area contributed by atoms with Crippen molar-refractivity contribution in [2.75, 3.05) is 5.73 Å². The van der Waals surface area contributed by atoms with Gasteiger partial charge < -0.3 is 10.5 Å². The summed E-state index contributed by atoms with van der Waals surface area (Å²) in [6.45, 7) is 10.7. The highest BCUT2D eigenvalue weighted by atomic mass is 16.5. The molecule has 0 aliphatic carbocycles. The normalized spacial score (nSPS) is 16.7. The van der Waals surface area contributed by atoms with Gasteiger partial charge in [-0.05, 0) is 54.5 Å². The molecule has 0 spiro atoms. The van der Waals surface area contributed by atoms with Crippen molar-refractivity contribution in [3.63, 3.8) is 0 Å². The molecule has 0 bridgehead atoms. The Morgan fingerprint density at radius 1 is 1.00 bits per heavy atom. The Kier molecular flexibility index (Phi) is 3.64. The molecule has 0 aromatic heterocycles. The summed E-state index contributed by atoms with van der Waals surface area (Å²) >= 11 is 0. The molecule has 0 radical (unpaired) electrons. The third-order valence-electron chi connectivity index (χ3n) is 5.06. The van der Waals surface area contributed by atoms with E-state index in [2.05, 4.69) is 58.9 Å². The minimum atomic E-state index is 0.106. The van der Waals surface area contributed by atoms with Crippen LogP contribution < -0.4 is 10.5 Å². The summed E-state index contributed by atoms with van der Waals surface area (Å²) < 4.78 is 6.29. The Bertz CT molecular complexity index is 677. The Labute approximate surface area is 133 Å². The van der Waals surface area contributed by atoms with Crippen molar-refractivity contribution in [3.8, 4) is 5.75 Å². The Morgan fingerprint density at radius 2 is 1.64 bits per heavy atom. The van der Waals surface area contributed by atoms with E-state index >= 15 is 0 Å². The molecule has 0 saturated heterocycles. The number of ether oxygens (including phenoxy) is 1. The average molecular weight is 295 g/mol. The second kappa shape index (κ2) is 5.35. The van der Waals surface area contributed by atoms with E-state index < -0.39 is 0 Å². The van der Waals surface area contributed by atoms with Crippen LogP contribution in [-0.4, -0.2) is 0 Å². The number of rotatable bonds is 2. The maximum Gasteiger partial charge on any atom is 0.128 e. The first kappa shape index (κ1) is 15.0. The Hall–Kier alpha value is -1.96. The van der Waals surface area contributed by atoms with Crippen LogP contribution in [0.5, 0.6) is 5.75 Å². The topological polar surface area (TPSA) is 35.2 Å².